The van der Waals surface area contributed by atoms with E-state index in [0.717, 1.165) is 43.7 Å². The summed E-state index contributed by atoms with van der Waals surface area (Å²) in [5, 5.41) is 15.1. The van der Waals surface area contributed by atoms with Crippen molar-refractivity contribution < 1.29 is 4.74 Å². The van der Waals surface area contributed by atoms with Gasteiger partial charge in [-0.05, 0) is 19.3 Å². The van der Waals surface area contributed by atoms with Gasteiger partial charge in [0.2, 0.25) is 0 Å². The lowest BCUT2D eigenvalue weighted by Gasteiger charge is -2.16. The molecule has 1 saturated carbocycles. The molecule has 7 heteroatoms. The summed E-state index contributed by atoms with van der Waals surface area (Å²) in [5.74, 6) is 2.88. The predicted octanol–water partition coefficient (Wildman–Crippen LogP) is 1.63. The van der Waals surface area contributed by atoms with Gasteiger partial charge in [-0.15, -0.1) is 10.2 Å². The van der Waals surface area contributed by atoms with Gasteiger partial charge in [0.1, 0.15) is 5.82 Å². The Morgan fingerprint density at radius 3 is 2.79 bits per heavy atom. The van der Waals surface area contributed by atoms with Crippen molar-refractivity contribution in [2.75, 3.05) is 20.2 Å². The van der Waals surface area contributed by atoms with Crippen LogP contribution in [0.3, 0.4) is 0 Å². The second-order valence-electron chi connectivity index (χ2n) is 6.62. The fourth-order valence-electron chi connectivity index (χ4n) is 3.53. The van der Waals surface area contributed by atoms with Gasteiger partial charge < -0.3 is 19.9 Å². The molecule has 0 radical (unpaired) electrons. The number of aliphatic imine (C=N–C) groups is 1. The van der Waals surface area contributed by atoms with Crippen LogP contribution in [0.4, 0.5) is 0 Å². The van der Waals surface area contributed by atoms with Crippen molar-refractivity contribution in [3.8, 4) is 0 Å². The minimum absolute atomic E-state index is 0.447. The lowest BCUT2D eigenvalue weighted by molar-refractivity contribution is 0.0468. The van der Waals surface area contributed by atoms with Crippen LogP contribution in [0.5, 0.6) is 0 Å². The predicted molar refractivity (Wildman–Crippen MR) is 94.0 cm³/mol. The molecule has 1 aliphatic carbocycles. The van der Waals surface area contributed by atoms with Crippen LogP contribution >= 0.6 is 0 Å². The monoisotopic (exact) mass is 334 g/mol. The highest BCUT2D eigenvalue weighted by Gasteiger charge is 2.17. The van der Waals surface area contributed by atoms with Crippen molar-refractivity contribution >= 4 is 5.96 Å². The van der Waals surface area contributed by atoms with Gasteiger partial charge >= 0.3 is 0 Å². The molecule has 2 heterocycles. The van der Waals surface area contributed by atoms with E-state index in [4.69, 9.17) is 4.74 Å². The number of guanidine groups is 1. The second-order valence-corrected chi connectivity index (χ2v) is 6.62. The number of nitrogens with zero attached hydrogens (tertiary/aromatic N) is 4. The van der Waals surface area contributed by atoms with E-state index in [1.54, 1.807) is 7.05 Å². The zero-order valence-electron chi connectivity index (χ0n) is 14.8. The fourth-order valence-corrected chi connectivity index (χ4v) is 3.53. The Kier molecular flexibility index (Phi) is 6.46. The number of fused-ring (bicyclic) bond motifs is 1. The quantitative estimate of drug-likeness (QED) is 0.358. The number of hydrogen-bond acceptors (Lipinski definition) is 4. The summed E-state index contributed by atoms with van der Waals surface area (Å²) in [6.45, 7) is 3.18. The van der Waals surface area contributed by atoms with Crippen LogP contribution in [0.1, 0.15) is 56.6 Å². The number of nitrogens with one attached hydrogen (secondary N) is 2. The molecule has 0 saturated heterocycles. The summed E-state index contributed by atoms with van der Waals surface area (Å²) in [5.41, 5.74) is 0. The topological polar surface area (TPSA) is 76.4 Å². The highest BCUT2D eigenvalue weighted by atomic mass is 16.5. The molecular weight excluding hydrogens is 304 g/mol. The van der Waals surface area contributed by atoms with Crippen molar-refractivity contribution in [1.29, 1.82) is 0 Å². The smallest absolute Gasteiger partial charge is 0.191 e. The first-order valence-electron chi connectivity index (χ1n) is 9.34. The van der Waals surface area contributed by atoms with Crippen LogP contribution in [-0.4, -0.2) is 47.0 Å². The molecule has 7 nitrogen and oxygen atoms in total. The molecule has 0 atom stereocenters. The molecule has 0 unspecified atom stereocenters. The summed E-state index contributed by atoms with van der Waals surface area (Å²) < 4.78 is 8.20. The Morgan fingerprint density at radius 2 is 2.00 bits per heavy atom. The molecule has 2 N–H and O–H groups in total. The summed E-state index contributed by atoms with van der Waals surface area (Å²) in [6.07, 6.45) is 10.4. The first-order valence-corrected chi connectivity index (χ1v) is 9.34. The minimum Gasteiger partial charge on any atom is -0.376 e. The van der Waals surface area contributed by atoms with E-state index in [1.807, 2.05) is 0 Å². The van der Waals surface area contributed by atoms with Crippen LogP contribution in [-0.2, 0) is 24.2 Å². The number of aromatic nitrogens is 3. The SMILES string of the molecule is CN=C(NCCOC1CCCCCC1)NCc1nnc2n1CCC2. The maximum absolute atomic E-state index is 6.00. The molecule has 0 aromatic carbocycles. The van der Waals surface area contributed by atoms with Crippen molar-refractivity contribution in [2.45, 2.75) is 70.6 Å². The molecule has 1 aromatic rings. The summed E-state index contributed by atoms with van der Waals surface area (Å²) in [7, 11) is 1.79. The largest absolute Gasteiger partial charge is 0.376 e. The van der Waals surface area contributed by atoms with E-state index in [1.165, 1.54) is 44.9 Å². The van der Waals surface area contributed by atoms with Gasteiger partial charge in [0.05, 0.1) is 19.3 Å². The Bertz CT molecular complexity index is 533. The van der Waals surface area contributed by atoms with Crippen LogP contribution < -0.4 is 10.6 Å². The zero-order valence-corrected chi connectivity index (χ0v) is 14.8. The highest BCUT2D eigenvalue weighted by Crippen LogP contribution is 2.19. The summed E-state index contributed by atoms with van der Waals surface area (Å²) in [4.78, 5) is 4.26. The average molecular weight is 334 g/mol. The standard InChI is InChI=1S/C17H30N6O/c1-18-17(19-10-12-24-14-7-4-2-3-5-8-14)20-13-16-22-21-15-9-6-11-23(15)16/h14H,2-13H2,1H3,(H2,18,19,20). The van der Waals surface area contributed by atoms with E-state index >= 15 is 0 Å². The van der Waals surface area contributed by atoms with Crippen LogP contribution in [0.25, 0.3) is 0 Å². The van der Waals surface area contributed by atoms with Gasteiger partial charge in [-0.2, -0.15) is 0 Å². The van der Waals surface area contributed by atoms with Crippen molar-refractivity contribution in [1.82, 2.24) is 25.4 Å². The molecule has 0 amide bonds. The Labute approximate surface area is 144 Å². The van der Waals surface area contributed by atoms with E-state index < -0.39 is 0 Å². The molecule has 0 spiro atoms. The van der Waals surface area contributed by atoms with Crippen LogP contribution in [0, 0.1) is 0 Å². The first kappa shape index (κ1) is 17.2. The molecule has 0 bridgehead atoms. The van der Waals surface area contributed by atoms with E-state index in [9.17, 15) is 0 Å². The maximum Gasteiger partial charge on any atom is 0.191 e. The molecule has 1 aromatic heterocycles. The average Bonchev–Trinajstić information content (AvgIpc) is 3.11. The van der Waals surface area contributed by atoms with Crippen molar-refractivity contribution in [2.24, 2.45) is 4.99 Å². The zero-order chi connectivity index (χ0) is 16.6. The molecule has 1 fully saturated rings. The van der Waals surface area contributed by atoms with Gasteiger partial charge in [0.25, 0.3) is 0 Å². The maximum atomic E-state index is 6.00. The number of ether oxygens (including phenoxy) is 1. The lowest BCUT2D eigenvalue weighted by Crippen LogP contribution is -2.39. The van der Waals surface area contributed by atoms with Crippen molar-refractivity contribution in [3.05, 3.63) is 11.6 Å². The van der Waals surface area contributed by atoms with E-state index in [2.05, 4.69) is 30.4 Å². The fraction of sp³-hybridized carbons (Fsp3) is 0.824. The molecule has 134 valence electrons. The molecule has 2 aliphatic rings. The summed E-state index contributed by atoms with van der Waals surface area (Å²) >= 11 is 0. The third-order valence-corrected chi connectivity index (χ3v) is 4.87. The lowest BCUT2D eigenvalue weighted by atomic mass is 10.1. The van der Waals surface area contributed by atoms with Gasteiger partial charge in [0, 0.05) is 26.6 Å². The van der Waals surface area contributed by atoms with E-state index in [0.29, 0.717) is 12.6 Å². The minimum atomic E-state index is 0.447. The van der Waals surface area contributed by atoms with Crippen LogP contribution in [0.15, 0.2) is 4.99 Å². The van der Waals surface area contributed by atoms with Gasteiger partial charge in [-0.3, -0.25) is 4.99 Å². The summed E-state index contributed by atoms with van der Waals surface area (Å²) in [6, 6.07) is 0. The second kappa shape index (κ2) is 9.01. The third-order valence-electron chi connectivity index (χ3n) is 4.87. The molecular formula is C17H30N6O. The normalized spacial score (nSPS) is 19.1. The Balaban J connectivity index is 1.34. The Hall–Kier alpha value is -1.63. The third kappa shape index (κ3) is 4.69. The van der Waals surface area contributed by atoms with Gasteiger partial charge in [0.15, 0.2) is 11.8 Å². The van der Waals surface area contributed by atoms with Gasteiger partial charge in [-0.25, -0.2) is 0 Å². The van der Waals surface area contributed by atoms with E-state index in [-0.39, 0.29) is 0 Å². The number of aryl methyl sites for hydroxylation is 1. The molecule has 1 aliphatic heterocycles. The number of rotatable bonds is 6. The number of hydrogen-bond donors (Lipinski definition) is 2. The van der Waals surface area contributed by atoms with Crippen LogP contribution in [0.2, 0.25) is 0 Å². The molecule has 24 heavy (non-hydrogen) atoms. The van der Waals surface area contributed by atoms with Gasteiger partial charge in [-0.1, -0.05) is 25.7 Å². The highest BCUT2D eigenvalue weighted by molar-refractivity contribution is 5.79. The first-order chi connectivity index (χ1) is 11.9. The molecule has 3 rings (SSSR count). The Morgan fingerprint density at radius 1 is 1.17 bits per heavy atom. The van der Waals surface area contributed by atoms with Crippen molar-refractivity contribution in [3.63, 3.8) is 0 Å².